The van der Waals surface area contributed by atoms with Gasteiger partial charge in [0.25, 0.3) is 5.91 Å². The quantitative estimate of drug-likeness (QED) is 0.447. The molecule has 0 aliphatic carbocycles. The zero-order chi connectivity index (χ0) is 27.3. The van der Waals surface area contributed by atoms with Crippen molar-refractivity contribution in [3.8, 4) is 11.6 Å². The van der Waals surface area contributed by atoms with Gasteiger partial charge in [-0.15, -0.1) is 10.2 Å². The number of hydrogen-bond donors (Lipinski definition) is 2. The predicted molar refractivity (Wildman–Crippen MR) is 134 cm³/mol. The molecule has 1 atom stereocenters. The first-order chi connectivity index (χ1) is 18.1. The van der Waals surface area contributed by atoms with E-state index in [1.807, 2.05) is 0 Å². The van der Waals surface area contributed by atoms with Gasteiger partial charge in [-0.1, -0.05) is 30.7 Å². The smallest absolute Gasteiger partial charge is 0.435 e. The lowest BCUT2D eigenvalue weighted by atomic mass is 10.1. The van der Waals surface area contributed by atoms with Crippen molar-refractivity contribution in [3.63, 3.8) is 0 Å². The highest BCUT2D eigenvalue weighted by molar-refractivity contribution is 6.30. The summed E-state index contributed by atoms with van der Waals surface area (Å²) in [4.78, 5) is 31.1. The molecule has 1 aliphatic heterocycles. The van der Waals surface area contributed by atoms with Gasteiger partial charge in [-0.2, -0.15) is 13.2 Å². The van der Waals surface area contributed by atoms with Crippen LogP contribution in [0, 0.1) is 0 Å². The first-order valence-corrected chi connectivity index (χ1v) is 11.9. The number of carbonyl (C=O) groups excluding carboxylic acids is 2. The lowest BCUT2D eigenvalue weighted by Crippen LogP contribution is -2.56. The van der Waals surface area contributed by atoms with E-state index in [-0.39, 0.29) is 43.2 Å². The number of nitrogens with zero attached hydrogens (tertiary/aromatic N) is 4. The molecule has 0 bridgehead atoms. The second-order valence-electron chi connectivity index (χ2n) is 8.19. The van der Waals surface area contributed by atoms with E-state index in [4.69, 9.17) is 16.3 Å². The first kappa shape index (κ1) is 26.9. The summed E-state index contributed by atoms with van der Waals surface area (Å²) in [6.45, 7) is 1.95. The molecule has 0 saturated carbocycles. The first-order valence-electron chi connectivity index (χ1n) is 11.5. The average molecular weight is 547 g/mol. The normalized spacial score (nSPS) is 15.6. The molecule has 3 aromatic rings. The third-order valence-corrected chi connectivity index (χ3v) is 5.67. The summed E-state index contributed by atoms with van der Waals surface area (Å²) in [6, 6.07) is 14.5. The zero-order valence-corrected chi connectivity index (χ0v) is 20.8. The largest absolute Gasteiger partial charge is 0.438 e. The minimum atomic E-state index is -4.59. The number of carbonyl (C=O) groups is 2. The van der Waals surface area contributed by atoms with Crippen LogP contribution in [0.1, 0.15) is 24.6 Å². The highest BCUT2D eigenvalue weighted by Crippen LogP contribution is 2.28. The van der Waals surface area contributed by atoms with Crippen LogP contribution in [0.5, 0.6) is 11.6 Å². The Bertz CT molecular complexity index is 1320. The molecule has 1 unspecified atom stereocenters. The third kappa shape index (κ3) is 6.76. The van der Waals surface area contributed by atoms with Gasteiger partial charge in [0.1, 0.15) is 11.8 Å². The van der Waals surface area contributed by atoms with Crippen molar-refractivity contribution in [1.82, 2.24) is 20.4 Å². The van der Waals surface area contributed by atoms with Gasteiger partial charge < -0.3 is 15.4 Å². The van der Waals surface area contributed by atoms with Crippen LogP contribution < -0.4 is 15.4 Å². The van der Waals surface area contributed by atoms with Crippen molar-refractivity contribution in [2.45, 2.75) is 32.1 Å². The van der Waals surface area contributed by atoms with Gasteiger partial charge in [0.2, 0.25) is 17.7 Å². The molecule has 4 rings (SSSR count). The van der Waals surface area contributed by atoms with Gasteiger partial charge in [0.15, 0.2) is 5.69 Å². The number of rotatable bonds is 7. The summed E-state index contributed by atoms with van der Waals surface area (Å²) in [5.74, 6) is -0.0778. The lowest BCUT2D eigenvalue weighted by Gasteiger charge is -2.32. The summed E-state index contributed by atoms with van der Waals surface area (Å²) in [5.41, 5.74) is 0.257. The third-order valence-electron chi connectivity index (χ3n) is 5.42. The lowest BCUT2D eigenvalue weighted by molar-refractivity contribution is -0.141. The fraction of sp³-hybridized carbons (Fsp3) is 0.240. The van der Waals surface area contributed by atoms with Gasteiger partial charge in [-0.3, -0.25) is 14.5 Å². The second-order valence-corrected chi connectivity index (χ2v) is 8.63. The van der Waals surface area contributed by atoms with E-state index in [1.54, 1.807) is 55.5 Å². The Hall–Kier alpha value is -4.19. The number of aliphatic imine (C=N–C) groups is 1. The fourth-order valence-electron chi connectivity index (χ4n) is 3.45. The minimum absolute atomic E-state index is 0.0673. The van der Waals surface area contributed by atoms with E-state index in [0.717, 1.165) is 17.7 Å². The molecule has 198 valence electrons. The van der Waals surface area contributed by atoms with E-state index in [0.29, 0.717) is 16.5 Å². The Morgan fingerprint density at radius 1 is 1.08 bits per heavy atom. The van der Waals surface area contributed by atoms with E-state index in [2.05, 4.69) is 25.8 Å². The van der Waals surface area contributed by atoms with Gasteiger partial charge in [0.05, 0.1) is 13.1 Å². The van der Waals surface area contributed by atoms with Gasteiger partial charge in [-0.25, -0.2) is 4.99 Å². The van der Waals surface area contributed by atoms with Crippen LogP contribution in [0.4, 0.5) is 18.9 Å². The molecule has 0 spiro atoms. The van der Waals surface area contributed by atoms with Gasteiger partial charge in [-0.05, 0) is 48.0 Å². The number of benzene rings is 2. The van der Waals surface area contributed by atoms with Crippen molar-refractivity contribution in [2.75, 3.05) is 11.9 Å². The van der Waals surface area contributed by atoms with Gasteiger partial charge >= 0.3 is 6.18 Å². The summed E-state index contributed by atoms with van der Waals surface area (Å²) in [7, 11) is 0. The van der Waals surface area contributed by atoms with E-state index in [1.165, 1.54) is 4.90 Å². The molecular formula is C25H22ClF3N6O3. The number of nitrogens with one attached hydrogen (secondary N) is 2. The molecule has 0 saturated heterocycles. The maximum absolute atomic E-state index is 13.3. The van der Waals surface area contributed by atoms with Crippen molar-refractivity contribution in [1.29, 1.82) is 0 Å². The molecule has 1 aromatic heterocycles. The summed E-state index contributed by atoms with van der Waals surface area (Å²) in [6.07, 6.45) is -4.35. The minimum Gasteiger partial charge on any atom is -0.438 e. The number of ether oxygens (including phenoxy) is 1. The number of aromatic nitrogens is 2. The highest BCUT2D eigenvalue weighted by atomic mass is 35.5. The Balaban J connectivity index is 1.48. The van der Waals surface area contributed by atoms with Crippen molar-refractivity contribution in [3.05, 3.63) is 76.9 Å². The summed E-state index contributed by atoms with van der Waals surface area (Å²) in [5, 5.41) is 12.9. The number of halogens is 4. The average Bonchev–Trinajstić information content (AvgIpc) is 2.89. The Kier molecular flexibility index (Phi) is 8.10. The van der Waals surface area contributed by atoms with Crippen molar-refractivity contribution >= 4 is 35.1 Å². The Morgan fingerprint density at radius 3 is 2.39 bits per heavy atom. The second kappa shape index (κ2) is 11.5. The van der Waals surface area contributed by atoms with Gasteiger partial charge in [0, 0.05) is 23.2 Å². The van der Waals surface area contributed by atoms with Crippen LogP contribution in [0.3, 0.4) is 0 Å². The molecule has 13 heteroatoms. The van der Waals surface area contributed by atoms with E-state index < -0.39 is 17.9 Å². The molecule has 2 aromatic carbocycles. The molecule has 1 aliphatic rings. The van der Waals surface area contributed by atoms with Crippen LogP contribution in [0.25, 0.3) is 0 Å². The van der Waals surface area contributed by atoms with Crippen molar-refractivity contribution < 1.29 is 27.5 Å². The molecule has 2 heterocycles. The van der Waals surface area contributed by atoms with Crippen LogP contribution in [0.15, 0.2) is 65.7 Å². The standard InChI is InChI=1S/C25H22ClF3N6O3/c1-2-21(36)32-19-13-30-24(35(23(19)37)14-15-3-5-16(26)6-4-15)31-17-7-9-18(10-8-17)38-22-12-11-20(33-34-22)25(27,28)29/h3-12,19H,2,13-14H2,1H3,(H,30,31)(H,32,36). The van der Waals surface area contributed by atoms with E-state index in [9.17, 15) is 22.8 Å². The number of amides is 2. The van der Waals surface area contributed by atoms with Crippen LogP contribution in [0.2, 0.25) is 5.02 Å². The maximum Gasteiger partial charge on any atom is 0.435 e. The predicted octanol–water partition coefficient (Wildman–Crippen LogP) is 4.65. The Morgan fingerprint density at radius 2 is 1.79 bits per heavy atom. The van der Waals surface area contributed by atoms with Crippen LogP contribution in [-0.2, 0) is 22.3 Å². The fourth-order valence-corrected chi connectivity index (χ4v) is 3.58. The van der Waals surface area contributed by atoms with Crippen LogP contribution >= 0.6 is 11.6 Å². The molecule has 38 heavy (non-hydrogen) atoms. The number of guanidine groups is 1. The topological polar surface area (TPSA) is 109 Å². The molecular weight excluding hydrogens is 525 g/mol. The SMILES string of the molecule is CCC(=O)NC1CN=C(Nc2ccc(Oc3ccc(C(F)(F)F)nn3)cc2)N(Cc2ccc(Cl)cc2)C1=O. The molecule has 2 N–H and O–H groups in total. The highest BCUT2D eigenvalue weighted by Gasteiger charge is 2.34. The molecule has 2 amide bonds. The summed E-state index contributed by atoms with van der Waals surface area (Å²) >= 11 is 5.98. The van der Waals surface area contributed by atoms with Crippen LogP contribution in [-0.4, -0.2) is 45.5 Å². The number of anilines is 1. The maximum atomic E-state index is 13.3. The van der Waals surface area contributed by atoms with Crippen molar-refractivity contribution in [2.24, 2.45) is 4.99 Å². The molecule has 0 radical (unpaired) electrons. The van der Waals surface area contributed by atoms with E-state index >= 15 is 0 Å². The zero-order valence-electron chi connectivity index (χ0n) is 20.0. The monoisotopic (exact) mass is 546 g/mol. The molecule has 9 nitrogen and oxygen atoms in total. The number of hydrogen-bond acceptors (Lipinski definition) is 7. The molecule has 0 fully saturated rings. The summed E-state index contributed by atoms with van der Waals surface area (Å²) < 4.78 is 43.4. The Labute approximate surface area is 220 Å². The number of alkyl halides is 3.